The smallest absolute Gasteiger partial charge is 0.318 e. The minimum atomic E-state index is -0.344. The molecule has 1 aliphatic heterocycles. The van der Waals surface area contributed by atoms with Gasteiger partial charge in [0, 0.05) is 38.0 Å². The number of carbonyl (C=O) groups excluding carboxylic acids is 2. The SMILES string of the molecule is CNCCN(CC1NCCC1(C)C)C(=O)O/N=C(\C)[C@H]1CC[C@H]2[C@@H]3CCC4=CC(=O)CC[C@]4(C)[C@H]3CC[C@]12C. The van der Waals surface area contributed by atoms with Gasteiger partial charge in [0.1, 0.15) is 0 Å². The van der Waals surface area contributed by atoms with Gasteiger partial charge in [0.25, 0.3) is 0 Å². The molecule has 7 heteroatoms. The third-order valence-electron chi connectivity index (χ3n) is 12.1. The number of fused-ring (bicyclic) bond motifs is 5. The van der Waals surface area contributed by atoms with Crippen LogP contribution >= 0.6 is 0 Å². The molecule has 5 rings (SSSR count). The molecule has 0 aromatic rings. The van der Waals surface area contributed by atoms with Crippen molar-refractivity contribution in [3.63, 3.8) is 0 Å². The van der Waals surface area contributed by atoms with Gasteiger partial charge in [0.2, 0.25) is 0 Å². The monoisotopic (exact) mass is 540 g/mol. The Morgan fingerprint density at radius 3 is 2.62 bits per heavy atom. The largest absolute Gasteiger partial charge is 0.436 e. The first-order chi connectivity index (χ1) is 18.5. The van der Waals surface area contributed by atoms with Crippen LogP contribution in [0.5, 0.6) is 0 Å². The number of amides is 1. The van der Waals surface area contributed by atoms with Gasteiger partial charge in [-0.3, -0.25) is 9.63 Å². The summed E-state index contributed by atoms with van der Waals surface area (Å²) in [5.74, 6) is 2.78. The molecule has 39 heavy (non-hydrogen) atoms. The summed E-state index contributed by atoms with van der Waals surface area (Å²) in [7, 11) is 1.91. The Balaban J connectivity index is 1.26. The van der Waals surface area contributed by atoms with Crippen molar-refractivity contribution >= 4 is 17.6 Å². The number of hydrogen-bond acceptors (Lipinski definition) is 6. The molecular formula is C32H52N4O3. The van der Waals surface area contributed by atoms with Crippen LogP contribution < -0.4 is 10.6 Å². The Morgan fingerprint density at radius 1 is 1.10 bits per heavy atom. The van der Waals surface area contributed by atoms with Crippen LogP contribution in [0.4, 0.5) is 4.79 Å². The van der Waals surface area contributed by atoms with E-state index in [1.165, 1.54) is 31.3 Å². The lowest BCUT2D eigenvalue weighted by Crippen LogP contribution is -2.51. The predicted molar refractivity (Wildman–Crippen MR) is 155 cm³/mol. The maximum atomic E-state index is 13.2. The number of rotatable bonds is 7. The van der Waals surface area contributed by atoms with Gasteiger partial charge in [-0.25, -0.2) is 4.79 Å². The van der Waals surface area contributed by atoms with E-state index in [4.69, 9.17) is 4.84 Å². The second-order valence-corrected chi connectivity index (χ2v) is 14.5. The second kappa shape index (κ2) is 10.9. The van der Waals surface area contributed by atoms with Gasteiger partial charge < -0.3 is 15.5 Å². The highest BCUT2D eigenvalue weighted by atomic mass is 16.7. The summed E-state index contributed by atoms with van der Waals surface area (Å²) in [4.78, 5) is 32.8. The molecule has 0 radical (unpaired) electrons. The van der Waals surface area contributed by atoms with Gasteiger partial charge in [-0.05, 0) is 112 Å². The van der Waals surface area contributed by atoms with Crippen LogP contribution in [0.2, 0.25) is 0 Å². The van der Waals surface area contributed by atoms with Crippen molar-refractivity contribution in [1.82, 2.24) is 15.5 Å². The fourth-order valence-corrected chi connectivity index (χ4v) is 9.53. The quantitative estimate of drug-likeness (QED) is 0.251. The first-order valence-corrected chi connectivity index (χ1v) is 15.6. The zero-order chi connectivity index (χ0) is 28.0. The highest BCUT2D eigenvalue weighted by Gasteiger charge is 2.59. The minimum Gasteiger partial charge on any atom is -0.318 e. The van der Waals surface area contributed by atoms with Gasteiger partial charge in [-0.1, -0.05) is 38.4 Å². The molecule has 2 N–H and O–H groups in total. The van der Waals surface area contributed by atoms with E-state index in [2.05, 4.69) is 50.4 Å². The van der Waals surface area contributed by atoms with E-state index in [-0.39, 0.29) is 28.4 Å². The number of ketones is 1. The van der Waals surface area contributed by atoms with E-state index in [1.54, 1.807) is 0 Å². The average molecular weight is 541 g/mol. The third kappa shape index (κ3) is 5.23. The van der Waals surface area contributed by atoms with Crippen LogP contribution in [0.3, 0.4) is 0 Å². The van der Waals surface area contributed by atoms with Crippen molar-refractivity contribution in [2.45, 2.75) is 98.4 Å². The molecule has 1 heterocycles. The van der Waals surface area contributed by atoms with Gasteiger partial charge in [0.05, 0.1) is 5.71 Å². The van der Waals surface area contributed by atoms with Crippen LogP contribution in [0, 0.1) is 39.9 Å². The minimum absolute atomic E-state index is 0.156. The van der Waals surface area contributed by atoms with E-state index >= 15 is 0 Å². The Morgan fingerprint density at radius 2 is 1.90 bits per heavy atom. The molecule has 0 spiro atoms. The standard InChI is InChI=1S/C32H52N4O3/c1-21(35-39-29(38)36(18-17-33-6)20-28-30(2,3)15-16-34-28)25-9-10-26-24-8-7-22-19-23(37)11-13-31(22,4)27(24)12-14-32(25,26)5/h19,24-28,33-34H,7-18,20H2,1-6H3/b35-21+/t24-,25+,26-,27-,28?,31-,32+/m0/s1. The molecule has 4 aliphatic carbocycles. The van der Waals surface area contributed by atoms with Crippen molar-refractivity contribution in [3.8, 4) is 0 Å². The fourth-order valence-electron chi connectivity index (χ4n) is 9.53. The number of allylic oxidation sites excluding steroid dienone is 1. The highest BCUT2D eigenvalue weighted by molar-refractivity contribution is 5.91. The average Bonchev–Trinajstić information content (AvgIpc) is 3.43. The Hall–Kier alpha value is -1.73. The van der Waals surface area contributed by atoms with Gasteiger partial charge in [-0.15, -0.1) is 0 Å². The van der Waals surface area contributed by atoms with Gasteiger partial charge in [0.15, 0.2) is 5.78 Å². The molecule has 0 bridgehead atoms. The third-order valence-corrected chi connectivity index (χ3v) is 12.1. The molecule has 1 saturated heterocycles. The molecule has 1 amide bonds. The number of nitrogens with one attached hydrogen (secondary N) is 2. The van der Waals surface area contributed by atoms with Crippen LogP contribution in [-0.4, -0.2) is 61.8 Å². The number of nitrogens with zero attached hydrogens (tertiary/aromatic N) is 2. The van der Waals surface area contributed by atoms with Crippen molar-refractivity contribution < 1.29 is 14.4 Å². The van der Waals surface area contributed by atoms with Gasteiger partial charge in [-0.2, -0.15) is 0 Å². The number of likely N-dealkylation sites (N-methyl/N-ethyl adjacent to an activating group) is 1. The van der Waals surface area contributed by atoms with Crippen LogP contribution in [-0.2, 0) is 9.63 Å². The number of carbonyl (C=O) groups is 2. The molecule has 1 unspecified atom stereocenters. The summed E-state index contributed by atoms with van der Waals surface area (Å²) in [6, 6.07) is 0.256. The maximum absolute atomic E-state index is 13.2. The summed E-state index contributed by atoms with van der Waals surface area (Å²) in [6.45, 7) is 14.5. The lowest BCUT2D eigenvalue weighted by atomic mass is 9.46. The van der Waals surface area contributed by atoms with Crippen LogP contribution in [0.25, 0.3) is 0 Å². The zero-order valence-corrected chi connectivity index (χ0v) is 25.3. The summed E-state index contributed by atoms with van der Waals surface area (Å²) < 4.78 is 0. The Labute approximate surface area is 235 Å². The molecule has 5 aliphatic rings. The molecule has 0 aromatic heterocycles. The van der Waals surface area contributed by atoms with E-state index in [9.17, 15) is 9.59 Å². The van der Waals surface area contributed by atoms with E-state index in [0.29, 0.717) is 43.0 Å². The highest BCUT2D eigenvalue weighted by Crippen LogP contribution is 2.66. The molecular weight excluding hydrogens is 488 g/mol. The molecule has 4 fully saturated rings. The maximum Gasteiger partial charge on any atom is 0.436 e. The van der Waals surface area contributed by atoms with E-state index in [0.717, 1.165) is 50.4 Å². The van der Waals surface area contributed by atoms with Crippen molar-refractivity contribution in [2.75, 3.05) is 33.2 Å². The number of hydrogen-bond donors (Lipinski definition) is 2. The lowest BCUT2D eigenvalue weighted by Gasteiger charge is -2.58. The molecule has 0 aromatic carbocycles. The van der Waals surface area contributed by atoms with Crippen molar-refractivity contribution in [3.05, 3.63) is 11.6 Å². The van der Waals surface area contributed by atoms with Crippen molar-refractivity contribution in [2.24, 2.45) is 45.1 Å². The van der Waals surface area contributed by atoms with Crippen LogP contribution in [0.1, 0.15) is 92.4 Å². The first kappa shape index (κ1) is 28.8. The Bertz CT molecular complexity index is 1020. The second-order valence-electron chi connectivity index (χ2n) is 14.5. The fraction of sp³-hybridized carbons (Fsp3) is 0.844. The predicted octanol–water partition coefficient (Wildman–Crippen LogP) is 5.56. The lowest BCUT2D eigenvalue weighted by molar-refractivity contribution is -0.117. The van der Waals surface area contributed by atoms with E-state index < -0.39 is 0 Å². The molecule has 218 valence electrons. The van der Waals surface area contributed by atoms with E-state index in [1.807, 2.05) is 18.0 Å². The zero-order valence-electron chi connectivity index (χ0n) is 25.3. The van der Waals surface area contributed by atoms with Crippen molar-refractivity contribution in [1.29, 1.82) is 0 Å². The first-order valence-electron chi connectivity index (χ1n) is 15.6. The molecule has 3 saturated carbocycles. The van der Waals surface area contributed by atoms with Crippen LogP contribution in [0.15, 0.2) is 16.8 Å². The normalized spacial score (nSPS) is 39.4. The van der Waals surface area contributed by atoms with Gasteiger partial charge >= 0.3 is 6.09 Å². The summed E-state index contributed by atoms with van der Waals surface area (Å²) in [6.07, 6.45) is 11.6. The summed E-state index contributed by atoms with van der Waals surface area (Å²) >= 11 is 0. The summed E-state index contributed by atoms with van der Waals surface area (Å²) in [5.41, 5.74) is 2.97. The molecule has 7 atom stereocenters. The number of oxime groups is 1. The Kier molecular flexibility index (Phi) is 8.06. The topological polar surface area (TPSA) is 83.0 Å². The summed E-state index contributed by atoms with van der Waals surface area (Å²) in [5, 5.41) is 11.2. The molecule has 7 nitrogen and oxygen atoms in total.